The lowest BCUT2D eigenvalue weighted by Crippen LogP contribution is -2.48. The van der Waals surface area contributed by atoms with E-state index in [0.29, 0.717) is 18.3 Å². The molecule has 0 spiro atoms. The van der Waals surface area contributed by atoms with Gasteiger partial charge in [-0.25, -0.2) is 4.98 Å². The molecule has 29 heavy (non-hydrogen) atoms. The summed E-state index contributed by atoms with van der Waals surface area (Å²) >= 11 is 1.51. The molecule has 1 saturated heterocycles. The maximum Gasteiger partial charge on any atom is 0.230 e. The number of β-amino-alcohol motifs (C(OH)–C–C–N with tert-alkyl or cyclic N) is 1. The maximum atomic E-state index is 10.9. The summed E-state index contributed by atoms with van der Waals surface area (Å²) in [6, 6.07) is 8.70. The number of benzene rings is 1. The Morgan fingerprint density at radius 1 is 1.07 bits per heavy atom. The van der Waals surface area contributed by atoms with E-state index in [2.05, 4.69) is 58.0 Å². The lowest BCUT2D eigenvalue weighted by molar-refractivity contribution is 0.0945. The van der Waals surface area contributed by atoms with Crippen molar-refractivity contribution < 1.29 is 10.2 Å². The molecule has 2 N–H and O–H groups in total. The zero-order chi connectivity index (χ0) is 20.5. The smallest absolute Gasteiger partial charge is 0.230 e. The molecule has 1 aromatic carbocycles. The first-order valence-corrected chi connectivity index (χ1v) is 11.0. The van der Waals surface area contributed by atoms with Crippen LogP contribution in [0.25, 0.3) is 4.96 Å². The van der Waals surface area contributed by atoms with Gasteiger partial charge in [0.25, 0.3) is 0 Å². The third-order valence-electron chi connectivity index (χ3n) is 5.66. The van der Waals surface area contributed by atoms with E-state index in [9.17, 15) is 10.2 Å². The Hall–Kier alpha value is -2.00. The second-order valence-electron chi connectivity index (χ2n) is 7.97. The number of hydrogen-bond acceptors (Lipinski definition) is 7. The van der Waals surface area contributed by atoms with E-state index in [1.165, 1.54) is 22.5 Å². The van der Waals surface area contributed by atoms with Crippen LogP contribution in [0.5, 0.6) is 5.88 Å². The fraction of sp³-hybridized carbons (Fsp3) is 0.524. The predicted octanol–water partition coefficient (Wildman–Crippen LogP) is 2.63. The molecule has 0 bridgehead atoms. The molecule has 1 aliphatic heterocycles. The summed E-state index contributed by atoms with van der Waals surface area (Å²) in [6.07, 6.45) is 0. The molecule has 8 heteroatoms. The number of rotatable bonds is 6. The predicted molar refractivity (Wildman–Crippen MR) is 115 cm³/mol. The normalized spacial score (nSPS) is 17.4. The van der Waals surface area contributed by atoms with Crippen LogP contribution in [-0.2, 0) is 0 Å². The van der Waals surface area contributed by atoms with Crippen LogP contribution in [0.3, 0.4) is 0 Å². The molecule has 7 nitrogen and oxygen atoms in total. The van der Waals surface area contributed by atoms with Gasteiger partial charge in [-0.1, -0.05) is 49.4 Å². The third kappa shape index (κ3) is 4.02. The fourth-order valence-electron chi connectivity index (χ4n) is 4.00. The van der Waals surface area contributed by atoms with Crippen molar-refractivity contribution in [2.24, 2.45) is 0 Å². The highest BCUT2D eigenvalue weighted by molar-refractivity contribution is 7.17. The second kappa shape index (κ2) is 8.39. The quantitative estimate of drug-likeness (QED) is 0.645. The average Bonchev–Trinajstić information content (AvgIpc) is 3.21. The Labute approximate surface area is 175 Å². The largest absolute Gasteiger partial charge is 0.492 e. The van der Waals surface area contributed by atoms with Crippen LogP contribution in [0.15, 0.2) is 24.3 Å². The van der Waals surface area contributed by atoms with Gasteiger partial charge in [0.2, 0.25) is 10.8 Å². The number of hydrogen-bond donors (Lipinski definition) is 2. The number of thiazole rings is 1. The first kappa shape index (κ1) is 20.3. The summed E-state index contributed by atoms with van der Waals surface area (Å²) in [5, 5.41) is 24.5. The van der Waals surface area contributed by atoms with E-state index in [0.717, 1.165) is 36.0 Å². The summed E-state index contributed by atoms with van der Waals surface area (Å²) in [5.74, 6) is 1.32. The van der Waals surface area contributed by atoms with E-state index in [-0.39, 0.29) is 18.5 Å². The van der Waals surface area contributed by atoms with E-state index in [1.807, 2.05) is 6.92 Å². The van der Waals surface area contributed by atoms with Gasteiger partial charge in [0.1, 0.15) is 5.82 Å². The number of aromatic hydroxyl groups is 1. The summed E-state index contributed by atoms with van der Waals surface area (Å²) in [6.45, 7) is 10.7. The zero-order valence-electron chi connectivity index (χ0n) is 17.2. The van der Waals surface area contributed by atoms with Gasteiger partial charge in [-0.3, -0.25) is 9.80 Å². The molecule has 1 aliphatic rings. The van der Waals surface area contributed by atoms with Crippen LogP contribution in [0.4, 0.5) is 0 Å². The van der Waals surface area contributed by atoms with Crippen molar-refractivity contribution in [3.63, 3.8) is 0 Å². The minimum atomic E-state index is -0.0405. The van der Waals surface area contributed by atoms with Crippen LogP contribution >= 0.6 is 11.3 Å². The first-order chi connectivity index (χ1) is 14.0. The Morgan fingerprint density at radius 3 is 2.31 bits per heavy atom. The van der Waals surface area contributed by atoms with E-state index in [1.54, 1.807) is 4.52 Å². The summed E-state index contributed by atoms with van der Waals surface area (Å²) in [7, 11) is 0. The van der Waals surface area contributed by atoms with Gasteiger partial charge in [0.05, 0.1) is 17.5 Å². The van der Waals surface area contributed by atoms with Crippen molar-refractivity contribution in [3.8, 4) is 5.88 Å². The van der Waals surface area contributed by atoms with Gasteiger partial charge >= 0.3 is 0 Å². The van der Waals surface area contributed by atoms with Crippen molar-refractivity contribution in [2.75, 3.05) is 39.3 Å². The lowest BCUT2D eigenvalue weighted by atomic mass is 9.97. The van der Waals surface area contributed by atoms with Crippen molar-refractivity contribution in [3.05, 3.63) is 46.1 Å². The van der Waals surface area contributed by atoms with E-state index in [4.69, 9.17) is 0 Å². The van der Waals surface area contributed by atoms with Crippen LogP contribution in [0.1, 0.15) is 47.6 Å². The van der Waals surface area contributed by atoms with E-state index < -0.39 is 0 Å². The highest BCUT2D eigenvalue weighted by Gasteiger charge is 2.31. The first-order valence-electron chi connectivity index (χ1n) is 10.2. The number of aryl methyl sites for hydroxylation is 1. The molecule has 156 valence electrons. The van der Waals surface area contributed by atoms with Crippen molar-refractivity contribution in [2.45, 2.75) is 32.7 Å². The van der Waals surface area contributed by atoms with Crippen molar-refractivity contribution in [1.82, 2.24) is 24.4 Å². The van der Waals surface area contributed by atoms with Gasteiger partial charge in [0.15, 0.2) is 0 Å². The molecule has 0 amide bonds. The minimum absolute atomic E-state index is 0.0405. The molecule has 3 heterocycles. The molecule has 0 aliphatic carbocycles. The molecule has 0 unspecified atom stereocenters. The highest BCUT2D eigenvalue weighted by Crippen LogP contribution is 2.40. The fourth-order valence-corrected chi connectivity index (χ4v) is 5.17. The van der Waals surface area contributed by atoms with Crippen molar-refractivity contribution >= 4 is 16.3 Å². The van der Waals surface area contributed by atoms with Gasteiger partial charge in [-0.15, -0.1) is 5.10 Å². The monoisotopic (exact) mass is 415 g/mol. The number of piperazine rings is 1. The zero-order valence-corrected chi connectivity index (χ0v) is 18.1. The number of aliphatic hydroxyl groups is 1. The second-order valence-corrected chi connectivity index (χ2v) is 8.98. The number of fused-ring (bicyclic) bond motifs is 1. The van der Waals surface area contributed by atoms with Gasteiger partial charge in [-0.05, 0) is 24.0 Å². The molecule has 0 radical (unpaired) electrons. The molecular weight excluding hydrogens is 386 g/mol. The van der Waals surface area contributed by atoms with Gasteiger partial charge in [-0.2, -0.15) is 4.52 Å². The molecule has 1 fully saturated rings. The minimum Gasteiger partial charge on any atom is -0.492 e. The third-order valence-corrected chi connectivity index (χ3v) is 6.73. The average molecular weight is 416 g/mol. The number of aliphatic hydroxyl groups excluding tert-OH is 1. The highest BCUT2D eigenvalue weighted by atomic mass is 32.1. The molecular formula is C21H29N5O2S. The lowest BCUT2D eigenvalue weighted by Gasteiger charge is -2.39. The van der Waals surface area contributed by atoms with E-state index >= 15 is 0 Å². The Bertz CT molecular complexity index is 958. The van der Waals surface area contributed by atoms with Crippen LogP contribution in [0, 0.1) is 6.92 Å². The summed E-state index contributed by atoms with van der Waals surface area (Å²) in [5.41, 5.74) is 2.48. The van der Waals surface area contributed by atoms with Crippen LogP contribution < -0.4 is 0 Å². The Kier molecular flexibility index (Phi) is 5.87. The summed E-state index contributed by atoms with van der Waals surface area (Å²) in [4.78, 5) is 10.7. The standard InChI is InChI=1S/C21H29N5O2S/c1-14(2)16-4-6-17(7-5-16)18(25-10-8-24(9-11-25)12-13-27)19-20(28)26-21(29-19)22-15(3)23-26/h4-7,14,18,27-28H,8-13H2,1-3H3/t18-/m0/s1. The van der Waals surface area contributed by atoms with Gasteiger partial charge in [0, 0.05) is 32.7 Å². The molecule has 0 saturated carbocycles. The topological polar surface area (TPSA) is 77.1 Å². The maximum absolute atomic E-state index is 10.9. The van der Waals surface area contributed by atoms with Crippen molar-refractivity contribution in [1.29, 1.82) is 0 Å². The Morgan fingerprint density at radius 2 is 1.72 bits per heavy atom. The Balaban J connectivity index is 1.70. The van der Waals surface area contributed by atoms with Crippen LogP contribution in [0.2, 0.25) is 0 Å². The molecule has 2 aromatic heterocycles. The molecule has 1 atom stereocenters. The number of nitrogens with zero attached hydrogens (tertiary/aromatic N) is 5. The van der Waals surface area contributed by atoms with Crippen LogP contribution in [-0.4, -0.2) is 73.9 Å². The van der Waals surface area contributed by atoms with Gasteiger partial charge < -0.3 is 10.2 Å². The summed E-state index contributed by atoms with van der Waals surface area (Å²) < 4.78 is 1.55. The SMILES string of the molecule is Cc1nc2sc([C@H](c3ccc(C(C)C)cc3)N3CCN(CCO)CC3)c(O)n2n1. The molecule has 4 rings (SSSR count). The molecule has 3 aromatic rings. The number of aromatic nitrogens is 3.